The van der Waals surface area contributed by atoms with E-state index in [1.54, 1.807) is 11.9 Å². The summed E-state index contributed by atoms with van der Waals surface area (Å²) in [5.41, 5.74) is 2.77. The van der Waals surface area contributed by atoms with E-state index >= 15 is 0 Å². The van der Waals surface area contributed by atoms with E-state index in [9.17, 15) is 9.59 Å². The molecule has 7 heteroatoms. The van der Waals surface area contributed by atoms with E-state index < -0.39 is 0 Å². The van der Waals surface area contributed by atoms with Crippen molar-refractivity contribution in [1.82, 2.24) is 19.6 Å². The Bertz CT molecular complexity index is 836. The van der Waals surface area contributed by atoms with Crippen LogP contribution in [0.4, 0.5) is 0 Å². The Morgan fingerprint density at radius 1 is 1.22 bits per heavy atom. The Hall–Kier alpha value is -2.44. The fraction of sp³-hybridized carbons (Fsp3) is 0.500. The minimum Gasteiger partial charge on any atom is -0.360 e. The Labute approximate surface area is 132 Å². The van der Waals surface area contributed by atoms with Gasteiger partial charge in [0.2, 0.25) is 0 Å². The maximum atomic E-state index is 12.8. The molecule has 1 amide bonds. The number of aryl methyl sites for hydroxylation is 2. The minimum atomic E-state index is -0.120. The van der Waals surface area contributed by atoms with Gasteiger partial charge in [-0.15, -0.1) is 0 Å². The van der Waals surface area contributed by atoms with E-state index in [2.05, 4.69) is 10.1 Å². The standard InChI is InChI=1S/C16H18N4O3/c1-19-9-17-12-8-20(7-6-10(12)15(19)21)16(22)14-11-4-2-3-5-13(11)23-18-14/h9H,2-8H2,1H3. The molecular weight excluding hydrogens is 296 g/mol. The number of carbonyl (C=O) groups excluding carboxylic acids is 1. The number of hydrogen-bond donors (Lipinski definition) is 0. The third kappa shape index (κ3) is 2.27. The van der Waals surface area contributed by atoms with Gasteiger partial charge in [0.25, 0.3) is 11.5 Å². The monoisotopic (exact) mass is 314 g/mol. The number of aromatic nitrogens is 3. The summed E-state index contributed by atoms with van der Waals surface area (Å²) in [7, 11) is 1.69. The van der Waals surface area contributed by atoms with Crippen LogP contribution < -0.4 is 5.56 Å². The first-order chi connectivity index (χ1) is 11.1. The molecule has 120 valence electrons. The molecule has 2 aromatic heterocycles. The predicted octanol–water partition coefficient (Wildman–Crippen LogP) is 0.846. The molecule has 2 aliphatic rings. The number of fused-ring (bicyclic) bond motifs is 2. The fourth-order valence-corrected chi connectivity index (χ4v) is 3.39. The van der Waals surface area contributed by atoms with Crippen molar-refractivity contribution in [1.29, 1.82) is 0 Å². The van der Waals surface area contributed by atoms with Crippen LogP contribution in [0.5, 0.6) is 0 Å². The highest BCUT2D eigenvalue weighted by molar-refractivity contribution is 5.94. The molecule has 0 N–H and O–H groups in total. The average molecular weight is 314 g/mol. The Kier molecular flexibility index (Phi) is 3.28. The van der Waals surface area contributed by atoms with Crippen LogP contribution in [-0.2, 0) is 32.9 Å². The summed E-state index contributed by atoms with van der Waals surface area (Å²) in [6.45, 7) is 0.861. The van der Waals surface area contributed by atoms with Gasteiger partial charge in [-0.05, 0) is 25.7 Å². The molecule has 0 saturated carbocycles. The third-order valence-corrected chi connectivity index (χ3v) is 4.73. The largest absolute Gasteiger partial charge is 0.360 e. The average Bonchev–Trinajstić information content (AvgIpc) is 3.01. The summed E-state index contributed by atoms with van der Waals surface area (Å²) in [5, 5.41) is 4.01. The summed E-state index contributed by atoms with van der Waals surface area (Å²) in [5.74, 6) is 0.731. The van der Waals surface area contributed by atoms with E-state index in [4.69, 9.17) is 4.52 Å². The van der Waals surface area contributed by atoms with Gasteiger partial charge in [-0.2, -0.15) is 0 Å². The molecule has 0 aromatic carbocycles. The highest BCUT2D eigenvalue weighted by Gasteiger charge is 2.30. The first kappa shape index (κ1) is 14.2. The van der Waals surface area contributed by atoms with E-state index in [1.165, 1.54) is 10.9 Å². The highest BCUT2D eigenvalue weighted by Crippen LogP contribution is 2.26. The molecule has 0 bridgehead atoms. The molecule has 1 aliphatic heterocycles. The summed E-state index contributed by atoms with van der Waals surface area (Å²) >= 11 is 0. The van der Waals surface area contributed by atoms with E-state index in [0.717, 1.165) is 37.0 Å². The van der Waals surface area contributed by atoms with Crippen molar-refractivity contribution >= 4 is 5.91 Å². The molecule has 0 atom stereocenters. The molecule has 1 aliphatic carbocycles. The van der Waals surface area contributed by atoms with Gasteiger partial charge in [0.1, 0.15) is 5.76 Å². The van der Waals surface area contributed by atoms with Crippen molar-refractivity contribution in [2.45, 2.75) is 38.6 Å². The molecule has 0 radical (unpaired) electrons. The third-order valence-electron chi connectivity index (χ3n) is 4.73. The van der Waals surface area contributed by atoms with Gasteiger partial charge in [0.05, 0.1) is 18.6 Å². The molecular formula is C16H18N4O3. The Morgan fingerprint density at radius 2 is 2.04 bits per heavy atom. The van der Waals surface area contributed by atoms with Crippen molar-refractivity contribution in [3.05, 3.63) is 45.0 Å². The second-order valence-corrected chi connectivity index (χ2v) is 6.20. The second-order valence-electron chi connectivity index (χ2n) is 6.20. The van der Waals surface area contributed by atoms with Crippen molar-refractivity contribution in [2.24, 2.45) is 7.05 Å². The lowest BCUT2D eigenvalue weighted by Gasteiger charge is -2.27. The highest BCUT2D eigenvalue weighted by atomic mass is 16.5. The van der Waals surface area contributed by atoms with Crippen LogP contribution in [0.1, 0.15) is 45.9 Å². The fourth-order valence-electron chi connectivity index (χ4n) is 3.39. The predicted molar refractivity (Wildman–Crippen MR) is 81.1 cm³/mol. The quantitative estimate of drug-likeness (QED) is 0.779. The van der Waals surface area contributed by atoms with E-state index in [-0.39, 0.29) is 11.5 Å². The van der Waals surface area contributed by atoms with Gasteiger partial charge in [0, 0.05) is 31.1 Å². The van der Waals surface area contributed by atoms with Gasteiger partial charge in [-0.25, -0.2) is 4.98 Å². The zero-order valence-corrected chi connectivity index (χ0v) is 13.0. The maximum Gasteiger partial charge on any atom is 0.276 e. The molecule has 0 unspecified atom stereocenters. The lowest BCUT2D eigenvalue weighted by atomic mass is 9.96. The zero-order valence-electron chi connectivity index (χ0n) is 13.0. The smallest absolute Gasteiger partial charge is 0.276 e. The number of nitrogens with zero attached hydrogens (tertiary/aromatic N) is 4. The molecule has 0 spiro atoms. The van der Waals surface area contributed by atoms with Crippen LogP contribution >= 0.6 is 0 Å². The van der Waals surface area contributed by atoms with Crippen molar-refractivity contribution in [2.75, 3.05) is 6.54 Å². The van der Waals surface area contributed by atoms with Crippen LogP contribution in [0.3, 0.4) is 0 Å². The van der Waals surface area contributed by atoms with Gasteiger partial charge in [-0.3, -0.25) is 9.59 Å². The molecule has 7 nitrogen and oxygen atoms in total. The number of hydrogen-bond acceptors (Lipinski definition) is 5. The maximum absolute atomic E-state index is 12.8. The van der Waals surface area contributed by atoms with Crippen LogP contribution in [0.15, 0.2) is 15.6 Å². The van der Waals surface area contributed by atoms with E-state index in [0.29, 0.717) is 36.5 Å². The van der Waals surface area contributed by atoms with Gasteiger partial charge < -0.3 is 14.0 Å². The summed E-state index contributed by atoms with van der Waals surface area (Å²) < 4.78 is 6.81. The van der Waals surface area contributed by atoms with Crippen LogP contribution in [0.25, 0.3) is 0 Å². The lowest BCUT2D eigenvalue weighted by Crippen LogP contribution is -2.40. The molecule has 3 heterocycles. The number of rotatable bonds is 1. The Balaban J connectivity index is 1.62. The first-order valence-electron chi connectivity index (χ1n) is 7.95. The number of amides is 1. The molecule has 2 aromatic rings. The summed E-state index contributed by atoms with van der Waals surface area (Å²) in [4.78, 5) is 30.9. The van der Waals surface area contributed by atoms with Gasteiger partial charge in [0.15, 0.2) is 5.69 Å². The first-order valence-corrected chi connectivity index (χ1v) is 7.95. The molecule has 0 saturated heterocycles. The number of carbonyl (C=O) groups is 1. The molecule has 4 rings (SSSR count). The van der Waals surface area contributed by atoms with Crippen LogP contribution in [0.2, 0.25) is 0 Å². The van der Waals surface area contributed by atoms with Gasteiger partial charge in [-0.1, -0.05) is 5.16 Å². The lowest BCUT2D eigenvalue weighted by molar-refractivity contribution is 0.0719. The minimum absolute atomic E-state index is 0.0269. The Morgan fingerprint density at radius 3 is 2.91 bits per heavy atom. The zero-order chi connectivity index (χ0) is 16.0. The topological polar surface area (TPSA) is 81.2 Å². The van der Waals surface area contributed by atoms with Crippen LogP contribution in [-0.4, -0.2) is 32.1 Å². The SMILES string of the molecule is Cn1cnc2c(c1=O)CCN(C(=O)c1noc3c1CCCC3)C2. The van der Waals surface area contributed by atoms with E-state index in [1.807, 2.05) is 0 Å². The second kappa shape index (κ2) is 5.33. The van der Waals surface area contributed by atoms with Crippen molar-refractivity contribution in [3.63, 3.8) is 0 Å². The normalized spacial score (nSPS) is 16.8. The van der Waals surface area contributed by atoms with Crippen molar-refractivity contribution in [3.8, 4) is 0 Å². The van der Waals surface area contributed by atoms with Crippen molar-refractivity contribution < 1.29 is 9.32 Å². The van der Waals surface area contributed by atoms with Gasteiger partial charge >= 0.3 is 0 Å². The molecule has 23 heavy (non-hydrogen) atoms. The summed E-state index contributed by atoms with van der Waals surface area (Å²) in [6, 6.07) is 0. The summed E-state index contributed by atoms with van der Waals surface area (Å²) in [6.07, 6.45) is 5.89. The van der Waals surface area contributed by atoms with Crippen LogP contribution in [0, 0.1) is 0 Å². The molecule has 0 fully saturated rings.